The minimum absolute atomic E-state index is 0.0590. The van der Waals surface area contributed by atoms with Crippen molar-refractivity contribution in [1.29, 1.82) is 0 Å². The second-order valence-electron chi connectivity index (χ2n) is 5.82. The number of nitrogens with zero attached hydrogens (tertiary/aromatic N) is 1. The van der Waals surface area contributed by atoms with Crippen LogP contribution in [-0.4, -0.2) is 16.7 Å². The van der Waals surface area contributed by atoms with E-state index in [9.17, 15) is 5.21 Å². The van der Waals surface area contributed by atoms with Gasteiger partial charge in [0.15, 0.2) is 0 Å². The SMILES string of the molecule is CC(C)(C)c1ccccc1SC/C(=N\O)c1cc(Cl)sc1Cl. The standard InChI is InChI=1S/C16H17Cl2NOS2/c1-16(2,3)11-6-4-5-7-13(11)21-9-12(19-20)10-8-14(17)22-15(10)18/h4-8,20H,9H2,1-3H3/b19-12+. The zero-order chi connectivity index (χ0) is 16.3. The Hall–Kier alpha value is -0.680. The van der Waals surface area contributed by atoms with Gasteiger partial charge in [-0.05, 0) is 23.1 Å². The second-order valence-corrected chi connectivity index (χ2v) is 9.12. The molecule has 0 amide bonds. The van der Waals surface area contributed by atoms with Gasteiger partial charge in [-0.1, -0.05) is 67.3 Å². The van der Waals surface area contributed by atoms with Crippen LogP contribution in [0, 0.1) is 0 Å². The molecular formula is C16H17Cl2NOS2. The number of halogens is 2. The molecule has 1 aromatic carbocycles. The fourth-order valence-electron chi connectivity index (χ4n) is 2.06. The summed E-state index contributed by atoms with van der Waals surface area (Å²) in [4.78, 5) is 1.17. The molecule has 0 spiro atoms. The Morgan fingerprint density at radius 2 is 1.95 bits per heavy atom. The van der Waals surface area contributed by atoms with Crippen LogP contribution in [0.3, 0.4) is 0 Å². The molecule has 0 unspecified atom stereocenters. The zero-order valence-corrected chi connectivity index (χ0v) is 15.7. The summed E-state index contributed by atoms with van der Waals surface area (Å²) in [6.45, 7) is 6.55. The lowest BCUT2D eigenvalue weighted by Gasteiger charge is -2.22. The number of benzene rings is 1. The van der Waals surface area contributed by atoms with Crippen LogP contribution in [0.5, 0.6) is 0 Å². The highest BCUT2D eigenvalue weighted by atomic mass is 35.5. The third kappa shape index (κ3) is 4.19. The molecule has 0 fully saturated rings. The molecule has 0 atom stereocenters. The van der Waals surface area contributed by atoms with E-state index >= 15 is 0 Å². The van der Waals surface area contributed by atoms with E-state index in [0.717, 1.165) is 0 Å². The van der Waals surface area contributed by atoms with Crippen LogP contribution in [-0.2, 0) is 5.41 Å². The predicted molar refractivity (Wildman–Crippen MR) is 98.5 cm³/mol. The lowest BCUT2D eigenvalue weighted by atomic mass is 9.87. The zero-order valence-electron chi connectivity index (χ0n) is 12.6. The topological polar surface area (TPSA) is 32.6 Å². The maximum atomic E-state index is 9.30. The minimum Gasteiger partial charge on any atom is -0.411 e. The van der Waals surface area contributed by atoms with Crippen molar-refractivity contribution in [2.75, 3.05) is 5.75 Å². The van der Waals surface area contributed by atoms with Crippen molar-refractivity contribution in [1.82, 2.24) is 0 Å². The summed E-state index contributed by atoms with van der Waals surface area (Å²) in [6.07, 6.45) is 0. The first-order chi connectivity index (χ1) is 10.3. The third-order valence-corrected chi connectivity index (χ3v) is 5.72. The van der Waals surface area contributed by atoms with E-state index in [1.165, 1.54) is 21.8 Å². The minimum atomic E-state index is 0.0590. The van der Waals surface area contributed by atoms with Gasteiger partial charge in [0.05, 0.1) is 10.0 Å². The Morgan fingerprint density at radius 1 is 1.27 bits per heavy atom. The van der Waals surface area contributed by atoms with Gasteiger partial charge in [-0.2, -0.15) is 0 Å². The molecular weight excluding hydrogens is 357 g/mol. The average Bonchev–Trinajstić information content (AvgIpc) is 2.78. The molecule has 0 aliphatic heterocycles. The maximum Gasteiger partial charge on any atom is 0.104 e. The molecule has 0 aliphatic carbocycles. The number of rotatable bonds is 4. The molecule has 0 saturated carbocycles. The van der Waals surface area contributed by atoms with E-state index in [4.69, 9.17) is 23.2 Å². The number of hydrogen-bond acceptors (Lipinski definition) is 4. The van der Waals surface area contributed by atoms with E-state index < -0.39 is 0 Å². The Bertz CT molecular complexity index is 690. The van der Waals surface area contributed by atoms with E-state index in [2.05, 4.69) is 38.1 Å². The van der Waals surface area contributed by atoms with Gasteiger partial charge in [0, 0.05) is 16.2 Å². The molecule has 1 aromatic heterocycles. The largest absolute Gasteiger partial charge is 0.411 e. The van der Waals surface area contributed by atoms with Gasteiger partial charge in [0.25, 0.3) is 0 Å². The second kappa shape index (κ2) is 7.26. The number of thioether (sulfide) groups is 1. The summed E-state index contributed by atoms with van der Waals surface area (Å²) in [6, 6.07) is 10.0. The van der Waals surface area contributed by atoms with Crippen LogP contribution in [0.25, 0.3) is 0 Å². The third-order valence-electron chi connectivity index (χ3n) is 3.15. The van der Waals surface area contributed by atoms with E-state index in [1.807, 2.05) is 12.1 Å². The highest BCUT2D eigenvalue weighted by Crippen LogP contribution is 2.35. The Kier molecular flexibility index (Phi) is 5.83. The Morgan fingerprint density at radius 3 is 2.50 bits per heavy atom. The van der Waals surface area contributed by atoms with Gasteiger partial charge >= 0.3 is 0 Å². The number of hydrogen-bond donors (Lipinski definition) is 1. The van der Waals surface area contributed by atoms with Gasteiger partial charge in [-0.25, -0.2) is 0 Å². The lowest BCUT2D eigenvalue weighted by molar-refractivity contribution is 0.319. The summed E-state index contributed by atoms with van der Waals surface area (Å²) in [5, 5.41) is 12.7. The fraction of sp³-hybridized carbons (Fsp3) is 0.312. The van der Waals surface area contributed by atoms with Gasteiger partial charge in [0.1, 0.15) is 4.34 Å². The van der Waals surface area contributed by atoms with Gasteiger partial charge in [-0.3, -0.25) is 0 Å². The fourth-order valence-corrected chi connectivity index (χ4v) is 4.77. The van der Waals surface area contributed by atoms with Crippen molar-refractivity contribution in [3.8, 4) is 0 Å². The molecule has 0 saturated heterocycles. The Balaban J connectivity index is 2.21. The molecule has 2 nitrogen and oxygen atoms in total. The molecule has 22 heavy (non-hydrogen) atoms. The molecule has 1 N–H and O–H groups in total. The molecule has 1 heterocycles. The van der Waals surface area contributed by atoms with Crippen molar-refractivity contribution in [3.05, 3.63) is 50.1 Å². The smallest absolute Gasteiger partial charge is 0.104 e. The van der Waals surface area contributed by atoms with E-state index in [-0.39, 0.29) is 5.41 Å². The quantitative estimate of drug-likeness (QED) is 0.294. The van der Waals surface area contributed by atoms with Crippen LogP contribution < -0.4 is 0 Å². The lowest BCUT2D eigenvalue weighted by Crippen LogP contribution is -2.13. The maximum absolute atomic E-state index is 9.30. The normalized spacial score (nSPS) is 12.7. The first-order valence-electron chi connectivity index (χ1n) is 6.71. The van der Waals surface area contributed by atoms with Gasteiger partial charge in [-0.15, -0.1) is 23.1 Å². The highest BCUT2D eigenvalue weighted by molar-refractivity contribution is 8.00. The summed E-state index contributed by atoms with van der Waals surface area (Å²) in [7, 11) is 0. The first-order valence-corrected chi connectivity index (χ1v) is 9.27. The van der Waals surface area contributed by atoms with E-state index in [1.54, 1.807) is 17.8 Å². The van der Waals surface area contributed by atoms with Crippen LogP contribution in [0.1, 0.15) is 31.9 Å². The molecule has 6 heteroatoms. The van der Waals surface area contributed by atoms with Gasteiger partial charge < -0.3 is 5.21 Å². The molecule has 0 bridgehead atoms. The molecule has 2 aromatic rings. The van der Waals surface area contributed by atoms with Crippen molar-refractivity contribution >= 4 is 52.0 Å². The summed E-state index contributed by atoms with van der Waals surface area (Å²) >= 11 is 15.0. The molecule has 118 valence electrons. The highest BCUT2D eigenvalue weighted by Gasteiger charge is 2.19. The van der Waals surface area contributed by atoms with Crippen LogP contribution in [0.15, 0.2) is 40.4 Å². The molecule has 2 rings (SSSR count). The first kappa shape index (κ1) is 17.7. The van der Waals surface area contributed by atoms with Crippen LogP contribution in [0.2, 0.25) is 8.67 Å². The summed E-state index contributed by atoms with van der Waals surface area (Å²) < 4.78 is 1.13. The Labute approximate surface area is 149 Å². The van der Waals surface area contributed by atoms with Crippen LogP contribution in [0.4, 0.5) is 0 Å². The van der Waals surface area contributed by atoms with Gasteiger partial charge in [0.2, 0.25) is 0 Å². The van der Waals surface area contributed by atoms with Crippen molar-refractivity contribution < 1.29 is 5.21 Å². The predicted octanol–water partition coefficient (Wildman–Crippen LogP) is 6.32. The number of thiophene rings is 1. The monoisotopic (exact) mass is 373 g/mol. The average molecular weight is 374 g/mol. The van der Waals surface area contributed by atoms with E-state index in [0.29, 0.717) is 25.7 Å². The molecule has 0 radical (unpaired) electrons. The van der Waals surface area contributed by atoms with Crippen molar-refractivity contribution in [2.24, 2.45) is 5.16 Å². The van der Waals surface area contributed by atoms with Crippen LogP contribution >= 0.6 is 46.3 Å². The molecule has 0 aliphatic rings. The van der Waals surface area contributed by atoms with Crippen molar-refractivity contribution in [3.63, 3.8) is 0 Å². The number of oxime groups is 1. The summed E-state index contributed by atoms with van der Waals surface area (Å²) in [5.74, 6) is 0.524. The summed E-state index contributed by atoms with van der Waals surface area (Å²) in [5.41, 5.74) is 2.55. The van der Waals surface area contributed by atoms with Crippen molar-refractivity contribution in [2.45, 2.75) is 31.1 Å².